The SMILES string of the molecule is COC(=O)/C=C/C1=C(c2cccc([N+](=O)[O-])c2)OC(=O)C1=P(c1ccccc1)(c1ccccc1)c1ccccc1. The van der Waals surface area contributed by atoms with Crippen LogP contribution in [0.2, 0.25) is 0 Å². The Bertz CT molecular complexity index is 1610. The molecular weight excluding hydrogens is 525 g/mol. The van der Waals surface area contributed by atoms with Crippen LogP contribution >= 0.6 is 6.89 Å². The summed E-state index contributed by atoms with van der Waals surface area (Å²) in [6, 6.07) is 35.1. The first-order valence-corrected chi connectivity index (χ1v) is 14.2. The van der Waals surface area contributed by atoms with Crippen LogP contribution in [0.5, 0.6) is 0 Å². The van der Waals surface area contributed by atoms with Gasteiger partial charge in [0.15, 0.2) is 0 Å². The lowest BCUT2D eigenvalue weighted by Crippen LogP contribution is -2.33. The lowest BCUT2D eigenvalue weighted by atomic mass is 10.1. The average Bonchev–Trinajstić information content (AvgIpc) is 3.34. The third-order valence-electron chi connectivity index (χ3n) is 6.56. The number of benzene rings is 4. The van der Waals surface area contributed by atoms with Crippen molar-refractivity contribution in [3.8, 4) is 0 Å². The highest BCUT2D eigenvalue weighted by Gasteiger charge is 2.41. The zero-order valence-electron chi connectivity index (χ0n) is 21.5. The van der Waals surface area contributed by atoms with Gasteiger partial charge in [-0.05, 0) is 28.9 Å². The number of hydrogen-bond donors (Lipinski definition) is 0. The maximum Gasteiger partial charge on any atom is 0.345 e. The Balaban J connectivity index is 2.00. The minimum Gasteiger partial charge on any atom is -0.466 e. The molecule has 7 nitrogen and oxygen atoms in total. The molecular formula is C32H24NO6P. The monoisotopic (exact) mass is 549 g/mol. The standard InChI is InChI=1S/C32H24NO6P/c1-38-29(34)21-20-28-30(23-12-11-13-24(22-23)33(36)37)39-32(35)31(28)40(25-14-5-2-6-15-25,26-16-7-3-8-17-26)27-18-9-4-10-19-27/h2-22H,1H3/b21-20+. The maximum absolute atomic E-state index is 14.1. The van der Waals surface area contributed by atoms with Gasteiger partial charge in [-0.2, -0.15) is 0 Å². The number of methoxy groups -OCH3 is 1. The Morgan fingerprint density at radius 1 is 0.825 bits per heavy atom. The molecule has 0 saturated carbocycles. The van der Waals surface area contributed by atoms with Crippen LogP contribution in [0, 0.1) is 10.1 Å². The largest absolute Gasteiger partial charge is 0.466 e. The molecule has 1 aliphatic rings. The molecule has 4 aromatic carbocycles. The second-order valence-corrected chi connectivity index (χ2v) is 12.2. The van der Waals surface area contributed by atoms with E-state index in [1.807, 2.05) is 91.0 Å². The van der Waals surface area contributed by atoms with Crippen LogP contribution in [0.25, 0.3) is 5.76 Å². The third-order valence-corrected chi connectivity index (χ3v) is 10.9. The number of esters is 2. The number of rotatable bonds is 7. The third kappa shape index (κ3) is 4.79. The molecule has 0 aromatic heterocycles. The fourth-order valence-electron chi connectivity index (χ4n) is 4.87. The van der Waals surface area contributed by atoms with Gasteiger partial charge in [-0.25, -0.2) is 9.59 Å². The Hall–Kier alpha value is -5.00. The minimum atomic E-state index is -2.92. The number of nitro groups is 1. The van der Waals surface area contributed by atoms with Gasteiger partial charge in [0.05, 0.1) is 17.3 Å². The summed E-state index contributed by atoms with van der Waals surface area (Å²) in [5, 5.41) is 14.6. The molecule has 0 unspecified atom stereocenters. The summed E-state index contributed by atoms with van der Waals surface area (Å²) < 4.78 is 10.8. The van der Waals surface area contributed by atoms with Crippen molar-refractivity contribution in [1.82, 2.24) is 0 Å². The molecule has 0 N–H and O–H groups in total. The van der Waals surface area contributed by atoms with Crippen molar-refractivity contribution in [1.29, 1.82) is 0 Å². The van der Waals surface area contributed by atoms with Crippen molar-refractivity contribution in [2.45, 2.75) is 0 Å². The number of carbonyl (C=O) groups is 2. The number of non-ortho nitro benzene ring substituents is 1. The van der Waals surface area contributed by atoms with E-state index in [4.69, 9.17) is 9.47 Å². The van der Waals surface area contributed by atoms with E-state index >= 15 is 0 Å². The molecule has 0 saturated heterocycles. The number of carbonyl (C=O) groups excluding carboxylic acids is 2. The van der Waals surface area contributed by atoms with Crippen molar-refractivity contribution in [3.63, 3.8) is 0 Å². The predicted molar refractivity (Wildman–Crippen MR) is 157 cm³/mol. The van der Waals surface area contributed by atoms with Gasteiger partial charge in [0.2, 0.25) is 0 Å². The number of nitrogens with zero attached hydrogens (tertiary/aromatic N) is 1. The number of allylic oxidation sites excluding steroid dienone is 1. The van der Waals surface area contributed by atoms with Crippen molar-refractivity contribution in [2.75, 3.05) is 7.11 Å². The topological polar surface area (TPSA) is 95.7 Å². The molecule has 0 atom stereocenters. The summed E-state index contributed by atoms with van der Waals surface area (Å²) >= 11 is 0. The van der Waals surface area contributed by atoms with E-state index in [9.17, 15) is 19.7 Å². The van der Waals surface area contributed by atoms with Crippen LogP contribution in [0.4, 0.5) is 5.69 Å². The Morgan fingerprint density at radius 2 is 1.35 bits per heavy atom. The quantitative estimate of drug-likeness (QED) is 0.109. The molecule has 0 aliphatic carbocycles. The van der Waals surface area contributed by atoms with Crippen LogP contribution in [0.15, 0.2) is 133 Å². The highest BCUT2D eigenvalue weighted by Crippen LogP contribution is 2.51. The van der Waals surface area contributed by atoms with Gasteiger partial charge >= 0.3 is 11.9 Å². The van der Waals surface area contributed by atoms with Crippen LogP contribution in [0.1, 0.15) is 5.56 Å². The van der Waals surface area contributed by atoms with E-state index in [1.165, 1.54) is 37.5 Å². The zero-order valence-corrected chi connectivity index (χ0v) is 22.4. The normalized spacial score (nSPS) is 13.4. The molecule has 1 aliphatic heterocycles. The first-order chi connectivity index (χ1) is 19.5. The van der Waals surface area contributed by atoms with Gasteiger partial charge in [0.1, 0.15) is 5.76 Å². The van der Waals surface area contributed by atoms with Gasteiger partial charge in [0.25, 0.3) is 5.69 Å². The molecule has 0 amide bonds. The summed E-state index contributed by atoms with van der Waals surface area (Å²) in [6.07, 6.45) is 2.73. The molecule has 8 heteroatoms. The van der Waals surface area contributed by atoms with Gasteiger partial charge in [-0.15, -0.1) is 0 Å². The highest BCUT2D eigenvalue weighted by atomic mass is 31.2. The average molecular weight is 550 g/mol. The van der Waals surface area contributed by atoms with Crippen molar-refractivity contribution >= 4 is 51.5 Å². The smallest absolute Gasteiger partial charge is 0.345 e. The molecule has 5 rings (SSSR count). The second-order valence-electron chi connectivity index (χ2n) is 8.82. The fraction of sp³-hybridized carbons (Fsp3) is 0.0312. The molecule has 4 aromatic rings. The van der Waals surface area contributed by atoms with Crippen molar-refractivity contribution in [2.24, 2.45) is 0 Å². The first-order valence-electron chi connectivity index (χ1n) is 12.4. The summed E-state index contributed by atoms with van der Waals surface area (Å²) in [7, 11) is 1.26. The van der Waals surface area contributed by atoms with Gasteiger partial charge < -0.3 is 9.47 Å². The van der Waals surface area contributed by atoms with E-state index < -0.39 is 23.7 Å². The van der Waals surface area contributed by atoms with Crippen LogP contribution in [-0.4, -0.2) is 29.3 Å². The van der Waals surface area contributed by atoms with Gasteiger partial charge in [-0.3, -0.25) is 10.1 Å². The summed E-state index contributed by atoms with van der Waals surface area (Å²) in [6.45, 7) is -2.92. The Kier molecular flexibility index (Phi) is 7.58. The molecule has 0 fully saturated rings. The molecule has 1 heterocycles. The molecule has 40 heavy (non-hydrogen) atoms. The van der Waals surface area contributed by atoms with E-state index in [2.05, 4.69) is 0 Å². The second kappa shape index (κ2) is 11.4. The Labute approximate surface area is 231 Å². The first kappa shape index (κ1) is 26.6. The van der Waals surface area contributed by atoms with Crippen LogP contribution in [-0.2, 0) is 19.1 Å². The minimum absolute atomic E-state index is 0.135. The van der Waals surface area contributed by atoms with Crippen molar-refractivity contribution in [3.05, 3.63) is 149 Å². The van der Waals surface area contributed by atoms with Crippen molar-refractivity contribution < 1.29 is 24.0 Å². The summed E-state index contributed by atoms with van der Waals surface area (Å²) in [4.78, 5) is 37.4. The molecule has 198 valence electrons. The number of nitro benzene ring substituents is 1. The van der Waals surface area contributed by atoms with E-state index in [0.29, 0.717) is 16.4 Å². The van der Waals surface area contributed by atoms with E-state index in [-0.39, 0.29) is 11.4 Å². The van der Waals surface area contributed by atoms with Crippen LogP contribution in [0.3, 0.4) is 0 Å². The lowest BCUT2D eigenvalue weighted by molar-refractivity contribution is -0.384. The maximum atomic E-state index is 14.1. The number of cyclic esters (lactones) is 1. The summed E-state index contributed by atoms with van der Waals surface area (Å²) in [5.41, 5.74) is 0.552. The van der Waals surface area contributed by atoms with E-state index in [1.54, 1.807) is 6.07 Å². The number of hydrogen-bond acceptors (Lipinski definition) is 6. The predicted octanol–water partition coefficient (Wildman–Crippen LogP) is 4.76. The van der Waals surface area contributed by atoms with Crippen LogP contribution < -0.4 is 15.9 Å². The Morgan fingerprint density at radius 3 is 1.82 bits per heavy atom. The fourth-order valence-corrected chi connectivity index (χ4v) is 9.25. The highest BCUT2D eigenvalue weighted by molar-refractivity contribution is 7.96. The zero-order chi connectivity index (χ0) is 28.1. The molecule has 0 spiro atoms. The lowest BCUT2D eigenvalue weighted by Gasteiger charge is -2.30. The van der Waals surface area contributed by atoms with Gasteiger partial charge in [-0.1, -0.05) is 103 Å². The molecule has 0 radical (unpaired) electrons. The molecule has 0 bridgehead atoms. The van der Waals surface area contributed by atoms with E-state index in [0.717, 1.165) is 15.9 Å². The number of ether oxygens (including phenoxy) is 2. The summed E-state index contributed by atoms with van der Waals surface area (Å²) in [5.74, 6) is -1.07. The van der Waals surface area contributed by atoms with Gasteiger partial charge in [0, 0.05) is 29.3 Å².